The minimum absolute atomic E-state index is 0.0866. The number of fused-ring (bicyclic) bond motifs is 1. The zero-order valence-corrected chi connectivity index (χ0v) is 19.1. The molecule has 1 N–H and O–H groups in total. The number of aryl methyl sites for hydroxylation is 1. The summed E-state index contributed by atoms with van der Waals surface area (Å²) in [6.07, 6.45) is 1.04. The van der Waals surface area contributed by atoms with Gasteiger partial charge in [0.25, 0.3) is 5.56 Å². The van der Waals surface area contributed by atoms with Crippen LogP contribution in [0.1, 0.15) is 44.1 Å². The Balaban J connectivity index is 1.88. The topological polar surface area (TPSA) is 72.0 Å². The Labute approximate surface area is 178 Å². The Kier molecular flexibility index (Phi) is 6.49. The minimum Gasteiger partial charge on any atom is -0.469 e. The number of aromatic nitrogens is 2. The van der Waals surface area contributed by atoms with Gasteiger partial charge in [0.1, 0.15) is 4.83 Å². The van der Waals surface area contributed by atoms with Gasteiger partial charge in [0.15, 0.2) is 5.16 Å². The molecule has 2 aromatic heterocycles. The van der Waals surface area contributed by atoms with Gasteiger partial charge in [-0.25, -0.2) is 4.98 Å². The summed E-state index contributed by atoms with van der Waals surface area (Å²) in [5.74, 6) is 0.466. The molecule has 0 saturated carbocycles. The number of aromatic amines is 1. The number of nitrogens with one attached hydrogen (secondary N) is 1. The normalized spacial score (nSPS) is 11.8. The van der Waals surface area contributed by atoms with Gasteiger partial charge in [0, 0.05) is 22.6 Å². The van der Waals surface area contributed by atoms with Crippen molar-refractivity contribution in [2.75, 3.05) is 12.9 Å². The zero-order valence-electron chi connectivity index (χ0n) is 17.4. The highest BCUT2D eigenvalue weighted by atomic mass is 32.2. The highest BCUT2D eigenvalue weighted by molar-refractivity contribution is 7.99. The van der Waals surface area contributed by atoms with Crippen LogP contribution in [0.3, 0.4) is 0 Å². The van der Waals surface area contributed by atoms with E-state index in [0.29, 0.717) is 29.1 Å². The molecule has 0 bridgehead atoms. The van der Waals surface area contributed by atoms with Crippen molar-refractivity contribution in [2.45, 2.75) is 51.1 Å². The van der Waals surface area contributed by atoms with Crippen molar-refractivity contribution in [3.63, 3.8) is 0 Å². The number of rotatable bonds is 6. The van der Waals surface area contributed by atoms with Gasteiger partial charge in [-0.1, -0.05) is 56.8 Å². The van der Waals surface area contributed by atoms with Gasteiger partial charge in [0.2, 0.25) is 0 Å². The standard InChI is InChI=1S/C22H26N2O3S2/c1-13-17(14-8-10-15(11-9-14)22(2,3)4)18-19(26)23-21(24-20(18)29-13)28-12-6-7-16(25)27-5/h8-11H,6-7,12H2,1-5H3,(H,23,24,26). The van der Waals surface area contributed by atoms with Crippen LogP contribution in [0.2, 0.25) is 0 Å². The van der Waals surface area contributed by atoms with E-state index in [1.54, 1.807) is 11.3 Å². The number of esters is 1. The third-order valence-corrected chi connectivity index (χ3v) is 6.71. The molecule has 154 valence electrons. The van der Waals surface area contributed by atoms with Gasteiger partial charge in [-0.15, -0.1) is 11.3 Å². The first-order valence-corrected chi connectivity index (χ1v) is 11.3. The van der Waals surface area contributed by atoms with E-state index in [2.05, 4.69) is 59.7 Å². The van der Waals surface area contributed by atoms with E-state index in [1.165, 1.54) is 24.4 Å². The van der Waals surface area contributed by atoms with E-state index < -0.39 is 0 Å². The lowest BCUT2D eigenvalue weighted by atomic mass is 9.86. The van der Waals surface area contributed by atoms with Gasteiger partial charge < -0.3 is 9.72 Å². The molecule has 0 atom stereocenters. The SMILES string of the molecule is COC(=O)CCCSc1nc2sc(C)c(-c3ccc(C(C)(C)C)cc3)c2c(=O)[nH]1. The Morgan fingerprint density at radius 3 is 2.55 bits per heavy atom. The van der Waals surface area contributed by atoms with Crippen LogP contribution in [0.5, 0.6) is 0 Å². The lowest BCUT2D eigenvalue weighted by Crippen LogP contribution is -2.11. The number of methoxy groups -OCH3 is 1. The van der Waals surface area contributed by atoms with Crippen LogP contribution in [0.4, 0.5) is 0 Å². The molecule has 0 aliphatic rings. The summed E-state index contributed by atoms with van der Waals surface area (Å²) in [7, 11) is 1.38. The van der Waals surface area contributed by atoms with Crippen molar-refractivity contribution >= 4 is 39.3 Å². The van der Waals surface area contributed by atoms with E-state index in [1.807, 2.05) is 6.92 Å². The molecule has 0 aliphatic carbocycles. The average Bonchev–Trinajstić information content (AvgIpc) is 3.00. The fourth-order valence-corrected chi connectivity index (χ4v) is 5.05. The second kappa shape index (κ2) is 8.71. The van der Waals surface area contributed by atoms with Crippen molar-refractivity contribution in [1.82, 2.24) is 9.97 Å². The molecule has 2 heterocycles. The van der Waals surface area contributed by atoms with Crippen LogP contribution in [0, 0.1) is 6.92 Å². The number of ether oxygens (including phenoxy) is 1. The summed E-state index contributed by atoms with van der Waals surface area (Å²) in [4.78, 5) is 33.4. The molecule has 3 rings (SSSR count). The number of hydrogen-bond acceptors (Lipinski definition) is 6. The minimum atomic E-state index is -0.224. The largest absolute Gasteiger partial charge is 0.469 e. The molecule has 0 spiro atoms. The van der Waals surface area contributed by atoms with E-state index >= 15 is 0 Å². The monoisotopic (exact) mass is 430 g/mol. The van der Waals surface area contributed by atoms with Crippen molar-refractivity contribution < 1.29 is 9.53 Å². The maximum atomic E-state index is 12.8. The lowest BCUT2D eigenvalue weighted by Gasteiger charge is -2.19. The zero-order chi connectivity index (χ0) is 21.2. The third kappa shape index (κ3) is 4.90. The van der Waals surface area contributed by atoms with E-state index in [-0.39, 0.29) is 16.9 Å². The van der Waals surface area contributed by atoms with Crippen molar-refractivity contribution in [1.29, 1.82) is 0 Å². The smallest absolute Gasteiger partial charge is 0.305 e. The second-order valence-electron chi connectivity index (χ2n) is 7.94. The first-order valence-electron chi connectivity index (χ1n) is 9.54. The Hall–Kier alpha value is -2.12. The predicted octanol–water partition coefficient (Wildman–Crippen LogP) is 5.30. The number of carbonyl (C=O) groups is 1. The first kappa shape index (κ1) is 21.6. The molecule has 0 unspecified atom stereocenters. The van der Waals surface area contributed by atoms with Crippen LogP contribution >= 0.6 is 23.1 Å². The number of nitrogens with zero attached hydrogens (tertiary/aromatic N) is 1. The molecule has 5 nitrogen and oxygen atoms in total. The van der Waals surface area contributed by atoms with E-state index in [9.17, 15) is 9.59 Å². The number of H-pyrrole nitrogens is 1. The second-order valence-corrected chi connectivity index (χ2v) is 10.2. The van der Waals surface area contributed by atoms with Gasteiger partial charge in [-0.05, 0) is 29.9 Å². The number of thiophene rings is 1. The summed E-state index contributed by atoms with van der Waals surface area (Å²) in [6.45, 7) is 8.59. The Bertz CT molecular complexity index is 1080. The molecule has 0 saturated heterocycles. The highest BCUT2D eigenvalue weighted by Crippen LogP contribution is 2.37. The fraction of sp³-hybridized carbons (Fsp3) is 0.409. The molecular formula is C22H26N2O3S2. The number of carbonyl (C=O) groups excluding carboxylic acids is 1. The van der Waals surface area contributed by atoms with E-state index in [0.717, 1.165) is 20.8 Å². The van der Waals surface area contributed by atoms with Crippen LogP contribution in [0.15, 0.2) is 34.2 Å². The van der Waals surface area contributed by atoms with Crippen LogP contribution in [-0.2, 0) is 14.9 Å². The molecule has 0 radical (unpaired) electrons. The summed E-state index contributed by atoms with van der Waals surface area (Å²) in [5, 5.41) is 1.23. The van der Waals surface area contributed by atoms with Gasteiger partial charge in [-0.2, -0.15) is 0 Å². The first-order chi connectivity index (χ1) is 13.7. The molecule has 0 aliphatic heterocycles. The number of thioether (sulfide) groups is 1. The summed E-state index contributed by atoms with van der Waals surface area (Å²) in [5.41, 5.74) is 3.22. The maximum Gasteiger partial charge on any atom is 0.305 e. The predicted molar refractivity (Wildman–Crippen MR) is 121 cm³/mol. The third-order valence-electron chi connectivity index (χ3n) is 4.75. The summed E-state index contributed by atoms with van der Waals surface area (Å²) >= 11 is 2.99. The van der Waals surface area contributed by atoms with Gasteiger partial charge in [-0.3, -0.25) is 9.59 Å². The molecule has 1 aromatic carbocycles. The lowest BCUT2D eigenvalue weighted by molar-refractivity contribution is -0.140. The Morgan fingerprint density at radius 2 is 1.93 bits per heavy atom. The van der Waals surface area contributed by atoms with E-state index in [4.69, 9.17) is 0 Å². The van der Waals surface area contributed by atoms with Crippen LogP contribution < -0.4 is 5.56 Å². The Morgan fingerprint density at radius 1 is 1.24 bits per heavy atom. The van der Waals surface area contributed by atoms with Gasteiger partial charge >= 0.3 is 5.97 Å². The van der Waals surface area contributed by atoms with Crippen LogP contribution in [-0.4, -0.2) is 28.8 Å². The quantitative estimate of drug-likeness (QED) is 0.249. The molecule has 29 heavy (non-hydrogen) atoms. The number of hydrogen-bond donors (Lipinski definition) is 1. The van der Waals surface area contributed by atoms with Crippen molar-refractivity contribution in [3.05, 3.63) is 45.1 Å². The van der Waals surface area contributed by atoms with Crippen molar-refractivity contribution in [3.8, 4) is 11.1 Å². The molecular weight excluding hydrogens is 404 g/mol. The summed E-state index contributed by atoms with van der Waals surface area (Å²) < 4.78 is 4.64. The molecule has 0 amide bonds. The molecule has 3 aromatic rings. The van der Waals surface area contributed by atoms with Gasteiger partial charge in [0.05, 0.1) is 12.5 Å². The number of benzene rings is 1. The fourth-order valence-electron chi connectivity index (χ4n) is 3.14. The maximum absolute atomic E-state index is 12.8. The highest BCUT2D eigenvalue weighted by Gasteiger charge is 2.18. The summed E-state index contributed by atoms with van der Waals surface area (Å²) in [6, 6.07) is 8.44. The molecule has 0 fully saturated rings. The molecule has 7 heteroatoms. The van der Waals surface area contributed by atoms with Crippen molar-refractivity contribution in [2.24, 2.45) is 0 Å². The average molecular weight is 431 g/mol. The van der Waals surface area contributed by atoms with Crippen LogP contribution in [0.25, 0.3) is 21.3 Å².